The van der Waals surface area contributed by atoms with E-state index in [2.05, 4.69) is 36.5 Å². The molecule has 114 valence electrons. The van der Waals surface area contributed by atoms with Gasteiger partial charge in [-0.15, -0.1) is 0 Å². The number of nitrogens with zero attached hydrogens (tertiary/aromatic N) is 1. The lowest BCUT2D eigenvalue weighted by atomic mass is 9.87. The first-order valence-electron chi connectivity index (χ1n) is 8.35. The van der Waals surface area contributed by atoms with Crippen molar-refractivity contribution in [3.05, 3.63) is 29.8 Å². The van der Waals surface area contributed by atoms with Crippen molar-refractivity contribution >= 4 is 11.6 Å². The Morgan fingerprint density at radius 3 is 2.48 bits per heavy atom. The van der Waals surface area contributed by atoms with Gasteiger partial charge in [-0.3, -0.25) is 4.79 Å². The van der Waals surface area contributed by atoms with Gasteiger partial charge in [-0.2, -0.15) is 0 Å². The molecule has 1 amide bonds. The maximum atomic E-state index is 11.7. The Morgan fingerprint density at radius 2 is 1.86 bits per heavy atom. The maximum Gasteiger partial charge on any atom is 0.227 e. The van der Waals surface area contributed by atoms with E-state index in [1.807, 2.05) is 4.90 Å². The van der Waals surface area contributed by atoms with E-state index in [4.69, 9.17) is 0 Å². The summed E-state index contributed by atoms with van der Waals surface area (Å²) in [6.45, 7) is 4.17. The van der Waals surface area contributed by atoms with Gasteiger partial charge in [0.1, 0.15) is 0 Å². The molecule has 1 heterocycles. The Balaban J connectivity index is 1.51. The van der Waals surface area contributed by atoms with Crippen LogP contribution in [-0.2, 0) is 11.3 Å². The molecule has 0 unspecified atom stereocenters. The highest BCUT2D eigenvalue weighted by molar-refractivity contribution is 5.95. The molecule has 1 aliphatic carbocycles. The number of amides is 1. The third-order valence-electron chi connectivity index (χ3n) is 4.93. The lowest BCUT2D eigenvalue weighted by Gasteiger charge is -2.27. The standard InChI is InChI=1S/C18H26N2O/c1-14-4-8-16(9-5-14)19-13-15-6-10-17(11-7-15)20-12-2-3-18(20)21/h6-7,10-11,14,16,19H,2-5,8-9,12-13H2,1H3. The van der Waals surface area contributed by atoms with Gasteiger partial charge in [-0.1, -0.05) is 19.1 Å². The van der Waals surface area contributed by atoms with E-state index >= 15 is 0 Å². The van der Waals surface area contributed by atoms with Crippen LogP contribution in [0.3, 0.4) is 0 Å². The van der Waals surface area contributed by atoms with Crippen LogP contribution in [0.5, 0.6) is 0 Å². The molecule has 1 aliphatic heterocycles. The Hall–Kier alpha value is -1.35. The Morgan fingerprint density at radius 1 is 1.14 bits per heavy atom. The van der Waals surface area contributed by atoms with Gasteiger partial charge in [0.15, 0.2) is 0 Å². The van der Waals surface area contributed by atoms with Crippen molar-refractivity contribution in [3.63, 3.8) is 0 Å². The molecule has 0 atom stereocenters. The van der Waals surface area contributed by atoms with Crippen LogP contribution in [0, 0.1) is 5.92 Å². The van der Waals surface area contributed by atoms with Crippen molar-refractivity contribution in [1.82, 2.24) is 5.32 Å². The van der Waals surface area contributed by atoms with Crippen molar-refractivity contribution < 1.29 is 4.79 Å². The predicted molar refractivity (Wildman–Crippen MR) is 86.3 cm³/mol. The minimum Gasteiger partial charge on any atom is -0.312 e. The summed E-state index contributed by atoms with van der Waals surface area (Å²) in [6.07, 6.45) is 7.01. The van der Waals surface area contributed by atoms with Gasteiger partial charge in [0.25, 0.3) is 0 Å². The second-order valence-electron chi connectivity index (χ2n) is 6.65. The quantitative estimate of drug-likeness (QED) is 0.919. The van der Waals surface area contributed by atoms with Crippen LogP contribution < -0.4 is 10.2 Å². The molecule has 1 N–H and O–H groups in total. The third kappa shape index (κ3) is 3.65. The number of hydrogen-bond acceptors (Lipinski definition) is 2. The molecule has 0 bridgehead atoms. The Bertz CT molecular complexity index is 474. The molecule has 1 aromatic carbocycles. The number of benzene rings is 1. The maximum absolute atomic E-state index is 11.7. The van der Waals surface area contributed by atoms with Crippen molar-refractivity contribution in [1.29, 1.82) is 0 Å². The van der Waals surface area contributed by atoms with E-state index in [1.165, 1.54) is 31.2 Å². The van der Waals surface area contributed by atoms with Crippen molar-refractivity contribution in [3.8, 4) is 0 Å². The van der Waals surface area contributed by atoms with Gasteiger partial charge >= 0.3 is 0 Å². The monoisotopic (exact) mass is 286 g/mol. The van der Waals surface area contributed by atoms with Crippen LogP contribution in [0.4, 0.5) is 5.69 Å². The number of rotatable bonds is 4. The molecule has 0 spiro atoms. The highest BCUT2D eigenvalue weighted by Crippen LogP contribution is 2.24. The number of nitrogens with one attached hydrogen (secondary N) is 1. The average molecular weight is 286 g/mol. The fraction of sp³-hybridized carbons (Fsp3) is 0.611. The first kappa shape index (κ1) is 14.6. The van der Waals surface area contributed by atoms with Gasteiger partial charge in [0.05, 0.1) is 0 Å². The summed E-state index contributed by atoms with van der Waals surface area (Å²) in [6, 6.07) is 9.16. The summed E-state index contributed by atoms with van der Waals surface area (Å²) >= 11 is 0. The molecule has 3 heteroatoms. The molecule has 2 fully saturated rings. The summed E-state index contributed by atoms with van der Waals surface area (Å²) < 4.78 is 0. The fourth-order valence-electron chi connectivity index (χ4n) is 3.44. The summed E-state index contributed by atoms with van der Waals surface area (Å²) in [5.41, 5.74) is 2.36. The number of carbonyl (C=O) groups is 1. The second kappa shape index (κ2) is 6.61. The molecule has 1 aromatic rings. The SMILES string of the molecule is CC1CCC(NCc2ccc(N3CCCC3=O)cc2)CC1. The summed E-state index contributed by atoms with van der Waals surface area (Å²) in [7, 11) is 0. The van der Waals surface area contributed by atoms with Crippen molar-refractivity contribution in [2.75, 3.05) is 11.4 Å². The first-order valence-corrected chi connectivity index (χ1v) is 8.35. The van der Waals surface area contributed by atoms with Gasteiger partial charge < -0.3 is 10.2 Å². The molecule has 0 aromatic heterocycles. The van der Waals surface area contributed by atoms with Crippen LogP contribution in [0.2, 0.25) is 0 Å². The number of carbonyl (C=O) groups excluding carboxylic acids is 1. The van der Waals surface area contributed by atoms with E-state index in [1.54, 1.807) is 0 Å². The smallest absolute Gasteiger partial charge is 0.227 e. The highest BCUT2D eigenvalue weighted by atomic mass is 16.2. The molecule has 3 rings (SSSR count). The van der Waals surface area contributed by atoms with Crippen molar-refractivity contribution in [2.24, 2.45) is 5.92 Å². The molecule has 21 heavy (non-hydrogen) atoms. The Kier molecular flexibility index (Phi) is 4.59. The zero-order valence-electron chi connectivity index (χ0n) is 13.0. The second-order valence-corrected chi connectivity index (χ2v) is 6.65. The van der Waals surface area contributed by atoms with Crippen LogP contribution in [0.15, 0.2) is 24.3 Å². The fourth-order valence-corrected chi connectivity index (χ4v) is 3.44. The van der Waals surface area contributed by atoms with Crippen LogP contribution in [0.1, 0.15) is 51.0 Å². The first-order chi connectivity index (χ1) is 10.2. The summed E-state index contributed by atoms with van der Waals surface area (Å²) in [5, 5.41) is 3.68. The van der Waals surface area contributed by atoms with E-state index in [-0.39, 0.29) is 5.91 Å². The highest BCUT2D eigenvalue weighted by Gasteiger charge is 2.21. The molecule has 0 radical (unpaired) electrons. The van der Waals surface area contributed by atoms with E-state index < -0.39 is 0 Å². The summed E-state index contributed by atoms with van der Waals surface area (Å²) in [5.74, 6) is 1.16. The lowest BCUT2D eigenvalue weighted by molar-refractivity contribution is -0.117. The normalized spacial score (nSPS) is 26.3. The van der Waals surface area contributed by atoms with E-state index in [0.29, 0.717) is 12.5 Å². The van der Waals surface area contributed by atoms with Crippen LogP contribution >= 0.6 is 0 Å². The number of hydrogen-bond donors (Lipinski definition) is 1. The third-order valence-corrected chi connectivity index (χ3v) is 4.93. The molecular formula is C18H26N2O. The van der Waals surface area contributed by atoms with Gasteiger partial charge in [0.2, 0.25) is 5.91 Å². The topological polar surface area (TPSA) is 32.3 Å². The van der Waals surface area contributed by atoms with Crippen molar-refractivity contribution in [2.45, 2.75) is 58.0 Å². The minimum absolute atomic E-state index is 0.261. The lowest BCUT2D eigenvalue weighted by Crippen LogP contribution is -2.32. The van der Waals surface area contributed by atoms with Gasteiger partial charge in [-0.05, 0) is 55.7 Å². The van der Waals surface area contributed by atoms with Crippen LogP contribution in [0.25, 0.3) is 0 Å². The zero-order valence-corrected chi connectivity index (χ0v) is 13.0. The predicted octanol–water partition coefficient (Wildman–Crippen LogP) is 3.48. The Labute approximate surface area is 127 Å². The van der Waals surface area contributed by atoms with E-state index in [0.717, 1.165) is 31.1 Å². The summed E-state index contributed by atoms with van der Waals surface area (Å²) in [4.78, 5) is 13.6. The number of anilines is 1. The zero-order chi connectivity index (χ0) is 14.7. The molecule has 1 saturated heterocycles. The average Bonchev–Trinajstić information content (AvgIpc) is 2.93. The molecule has 1 saturated carbocycles. The van der Waals surface area contributed by atoms with Gasteiger partial charge in [-0.25, -0.2) is 0 Å². The van der Waals surface area contributed by atoms with E-state index in [9.17, 15) is 4.79 Å². The van der Waals surface area contributed by atoms with Gasteiger partial charge in [0, 0.05) is 31.2 Å². The molecule has 3 nitrogen and oxygen atoms in total. The minimum atomic E-state index is 0.261. The van der Waals surface area contributed by atoms with Crippen LogP contribution in [-0.4, -0.2) is 18.5 Å². The molecule has 2 aliphatic rings. The molecular weight excluding hydrogens is 260 g/mol. The largest absolute Gasteiger partial charge is 0.312 e.